The molecule has 1 amide bonds. The summed E-state index contributed by atoms with van der Waals surface area (Å²) in [5, 5.41) is 3.19. The Balaban J connectivity index is 2.03. The van der Waals surface area contributed by atoms with Crippen LogP contribution >= 0.6 is 0 Å². The zero-order valence-corrected chi connectivity index (χ0v) is 18.1. The number of amides is 1. The van der Waals surface area contributed by atoms with Crippen molar-refractivity contribution >= 4 is 23.4 Å². The summed E-state index contributed by atoms with van der Waals surface area (Å²) in [6.07, 6.45) is 5.11. The van der Waals surface area contributed by atoms with Gasteiger partial charge in [0.1, 0.15) is 11.4 Å². The van der Waals surface area contributed by atoms with Crippen LogP contribution in [0.2, 0.25) is 0 Å². The number of anilines is 3. The van der Waals surface area contributed by atoms with Crippen LogP contribution in [0.25, 0.3) is 0 Å². The Bertz CT molecular complexity index is 952. The molecule has 2 aromatic rings. The summed E-state index contributed by atoms with van der Waals surface area (Å²) in [5.74, 6) is 0.241. The average Bonchev–Trinajstić information content (AvgIpc) is 2.68. The Labute approximate surface area is 176 Å². The predicted octanol–water partition coefficient (Wildman–Crippen LogP) is 2.11. The van der Waals surface area contributed by atoms with Crippen molar-refractivity contribution in [1.82, 2.24) is 14.5 Å². The predicted molar refractivity (Wildman–Crippen MR) is 118 cm³/mol. The van der Waals surface area contributed by atoms with Crippen LogP contribution in [-0.2, 0) is 0 Å². The van der Waals surface area contributed by atoms with Crippen LogP contribution in [0.1, 0.15) is 68.4 Å². The number of hydrogen-bond donors (Lipinski definition) is 3. The first-order valence-corrected chi connectivity index (χ1v) is 10.4. The molecule has 0 spiro atoms. The van der Waals surface area contributed by atoms with E-state index in [9.17, 15) is 9.59 Å². The zero-order chi connectivity index (χ0) is 22.0. The van der Waals surface area contributed by atoms with Gasteiger partial charge in [-0.05, 0) is 38.7 Å². The minimum atomic E-state index is -0.624. The summed E-state index contributed by atoms with van der Waals surface area (Å²) >= 11 is 0. The fourth-order valence-electron chi connectivity index (χ4n) is 3.62. The molecule has 0 bridgehead atoms. The summed E-state index contributed by atoms with van der Waals surface area (Å²) in [4.78, 5) is 35.6. The van der Waals surface area contributed by atoms with E-state index in [-0.39, 0.29) is 29.1 Å². The largest absolute Gasteiger partial charge is 0.365 e. The molecule has 1 atom stereocenters. The monoisotopic (exact) mass is 413 g/mol. The molecule has 9 heteroatoms. The maximum absolute atomic E-state index is 12.7. The number of rotatable bonds is 6. The van der Waals surface area contributed by atoms with Crippen LogP contribution in [0.3, 0.4) is 0 Å². The van der Waals surface area contributed by atoms with E-state index in [2.05, 4.69) is 15.3 Å². The van der Waals surface area contributed by atoms with Crippen molar-refractivity contribution in [3.63, 3.8) is 0 Å². The third-order valence-corrected chi connectivity index (χ3v) is 5.29. The number of piperidine rings is 1. The highest BCUT2D eigenvalue weighted by atomic mass is 16.1. The molecule has 0 unspecified atom stereocenters. The average molecular weight is 414 g/mol. The van der Waals surface area contributed by atoms with Crippen molar-refractivity contribution in [2.45, 2.75) is 58.5 Å². The summed E-state index contributed by atoms with van der Waals surface area (Å²) in [5.41, 5.74) is 13.2. The number of carbonyl (C=O) groups is 1. The Kier molecular flexibility index (Phi) is 6.40. The van der Waals surface area contributed by atoms with Gasteiger partial charge in [0.15, 0.2) is 0 Å². The summed E-state index contributed by atoms with van der Waals surface area (Å²) < 4.78 is 1.67. The molecule has 1 aliphatic heterocycles. The van der Waals surface area contributed by atoms with Crippen molar-refractivity contribution in [3.05, 3.63) is 39.9 Å². The van der Waals surface area contributed by atoms with E-state index < -0.39 is 5.91 Å². The van der Waals surface area contributed by atoms with Crippen molar-refractivity contribution < 1.29 is 4.79 Å². The van der Waals surface area contributed by atoms with Crippen LogP contribution in [0, 0.1) is 0 Å². The molecule has 0 aliphatic carbocycles. The third kappa shape index (κ3) is 4.62. The van der Waals surface area contributed by atoms with Crippen molar-refractivity contribution in [1.29, 1.82) is 0 Å². The highest BCUT2D eigenvalue weighted by molar-refractivity contribution is 5.98. The number of hydrogen-bond acceptors (Lipinski definition) is 7. The summed E-state index contributed by atoms with van der Waals surface area (Å²) in [6.45, 7) is 9.31. The molecule has 3 rings (SSSR count). The molecule has 162 valence electrons. The van der Waals surface area contributed by atoms with Gasteiger partial charge in [-0.2, -0.15) is 4.98 Å². The summed E-state index contributed by atoms with van der Waals surface area (Å²) in [6, 6.07) is 1.86. The Morgan fingerprint density at radius 2 is 2.03 bits per heavy atom. The van der Waals surface area contributed by atoms with Gasteiger partial charge in [0.2, 0.25) is 5.95 Å². The van der Waals surface area contributed by atoms with E-state index in [4.69, 9.17) is 11.5 Å². The number of nitrogens with two attached hydrogens (primary N) is 2. The molecule has 9 nitrogen and oxygen atoms in total. The first-order chi connectivity index (χ1) is 14.2. The molecule has 5 N–H and O–H groups in total. The minimum Gasteiger partial charge on any atom is -0.365 e. The number of primary amides is 1. The van der Waals surface area contributed by atoms with Gasteiger partial charge >= 0.3 is 0 Å². The standard InChI is InChI=1S/C21H31N7O2/c1-12(2)16-8-15(11-28(13(3)4)20(16)30)25-19-17(18(23)29)9-24-21(26-19)27-7-5-6-14(22)10-27/h8-9,11-14H,5-7,10,22H2,1-4H3,(H2,23,29)(H,24,25,26)/t14-/m0/s1. The zero-order valence-electron chi connectivity index (χ0n) is 18.1. The number of nitrogens with zero attached hydrogens (tertiary/aromatic N) is 4. The highest BCUT2D eigenvalue weighted by Crippen LogP contribution is 2.24. The smallest absolute Gasteiger partial charge is 0.254 e. The van der Waals surface area contributed by atoms with E-state index in [0.717, 1.165) is 19.4 Å². The van der Waals surface area contributed by atoms with Gasteiger partial charge in [0.25, 0.3) is 11.5 Å². The number of pyridine rings is 1. The van der Waals surface area contributed by atoms with Crippen LogP contribution in [0.4, 0.5) is 17.5 Å². The van der Waals surface area contributed by atoms with Crippen molar-refractivity contribution in [3.8, 4) is 0 Å². The van der Waals surface area contributed by atoms with E-state index in [0.29, 0.717) is 29.6 Å². The van der Waals surface area contributed by atoms with Gasteiger partial charge in [-0.15, -0.1) is 0 Å². The van der Waals surface area contributed by atoms with Crippen LogP contribution in [0.15, 0.2) is 23.3 Å². The molecule has 0 aromatic carbocycles. The molecule has 1 fully saturated rings. The second-order valence-electron chi connectivity index (χ2n) is 8.41. The van der Waals surface area contributed by atoms with Gasteiger partial charge in [-0.3, -0.25) is 9.59 Å². The SMILES string of the molecule is CC(C)c1cc(Nc2nc(N3CCC[C@H](N)C3)ncc2C(N)=O)cn(C(C)C)c1=O. The molecule has 2 aromatic heterocycles. The number of carbonyl (C=O) groups excluding carboxylic acids is 1. The second kappa shape index (κ2) is 8.83. The van der Waals surface area contributed by atoms with E-state index in [1.807, 2.05) is 32.6 Å². The van der Waals surface area contributed by atoms with Crippen LogP contribution in [-0.4, -0.2) is 39.6 Å². The maximum Gasteiger partial charge on any atom is 0.254 e. The lowest BCUT2D eigenvalue weighted by molar-refractivity contribution is 0.100. The lowest BCUT2D eigenvalue weighted by Gasteiger charge is -2.31. The Hall–Kier alpha value is -2.94. The van der Waals surface area contributed by atoms with Gasteiger partial charge in [0, 0.05) is 43.1 Å². The molecular formula is C21H31N7O2. The molecule has 0 saturated carbocycles. The van der Waals surface area contributed by atoms with E-state index in [1.165, 1.54) is 6.20 Å². The molecule has 1 aliphatic rings. The fraction of sp³-hybridized carbons (Fsp3) is 0.524. The van der Waals surface area contributed by atoms with Gasteiger partial charge < -0.3 is 26.3 Å². The normalized spacial score (nSPS) is 16.9. The fourth-order valence-corrected chi connectivity index (χ4v) is 3.62. The number of aromatic nitrogens is 3. The van der Waals surface area contributed by atoms with E-state index >= 15 is 0 Å². The molecule has 3 heterocycles. The quantitative estimate of drug-likeness (QED) is 0.661. The van der Waals surface area contributed by atoms with Crippen molar-refractivity contribution in [2.24, 2.45) is 11.5 Å². The highest BCUT2D eigenvalue weighted by Gasteiger charge is 2.22. The third-order valence-electron chi connectivity index (χ3n) is 5.29. The Morgan fingerprint density at radius 3 is 2.63 bits per heavy atom. The first kappa shape index (κ1) is 21.8. The van der Waals surface area contributed by atoms with Crippen LogP contribution in [0.5, 0.6) is 0 Å². The molecular weight excluding hydrogens is 382 g/mol. The lowest BCUT2D eigenvalue weighted by Crippen LogP contribution is -2.43. The molecule has 1 saturated heterocycles. The first-order valence-electron chi connectivity index (χ1n) is 10.4. The maximum atomic E-state index is 12.7. The lowest BCUT2D eigenvalue weighted by atomic mass is 10.0. The van der Waals surface area contributed by atoms with Gasteiger partial charge in [0.05, 0.1) is 5.69 Å². The Morgan fingerprint density at radius 1 is 1.30 bits per heavy atom. The molecule has 0 radical (unpaired) electrons. The number of nitrogens with one attached hydrogen (secondary N) is 1. The van der Waals surface area contributed by atoms with Gasteiger partial charge in [-0.1, -0.05) is 13.8 Å². The van der Waals surface area contributed by atoms with Crippen LogP contribution < -0.4 is 27.2 Å². The minimum absolute atomic E-state index is 0.0110. The van der Waals surface area contributed by atoms with Gasteiger partial charge in [-0.25, -0.2) is 4.98 Å². The topological polar surface area (TPSA) is 132 Å². The summed E-state index contributed by atoms with van der Waals surface area (Å²) in [7, 11) is 0. The molecule has 30 heavy (non-hydrogen) atoms. The van der Waals surface area contributed by atoms with E-state index in [1.54, 1.807) is 16.8 Å². The van der Waals surface area contributed by atoms with Crippen molar-refractivity contribution in [2.75, 3.05) is 23.3 Å². The second-order valence-corrected chi connectivity index (χ2v) is 8.41.